The number of aromatic hydroxyl groups is 1. The van der Waals surface area contributed by atoms with Gasteiger partial charge in [-0.15, -0.1) is 0 Å². The SMILES string of the molecule is CC(C)=CCc1c2c(c(O)c3c1O[C@@]14C(=CC5CC6C(C)(C)O[C@@]1(C/C=C(/C)C(=O)O)[C@@]64C5=O)C3=O)C=CC(C)(C)O2. The Morgan fingerprint density at radius 3 is 2.45 bits per heavy atom. The predicted octanol–water partition coefficient (Wildman–Crippen LogP) is 5.51. The number of carbonyl (C=O) groups excluding carboxylic acids is 2. The average molecular weight is 573 g/mol. The van der Waals surface area contributed by atoms with Crippen LogP contribution < -0.4 is 9.47 Å². The number of carboxylic acids is 1. The van der Waals surface area contributed by atoms with Gasteiger partial charge in [-0.25, -0.2) is 4.79 Å². The van der Waals surface area contributed by atoms with Crippen molar-refractivity contribution in [3.8, 4) is 17.2 Å². The minimum atomic E-state index is -1.44. The van der Waals surface area contributed by atoms with E-state index in [0.29, 0.717) is 35.3 Å². The number of benzene rings is 1. The largest absolute Gasteiger partial charge is 0.506 e. The molecule has 5 atom stereocenters. The van der Waals surface area contributed by atoms with Gasteiger partial charge in [-0.3, -0.25) is 9.59 Å². The molecule has 3 heterocycles. The number of hydrogen-bond donors (Lipinski definition) is 2. The van der Waals surface area contributed by atoms with Crippen molar-refractivity contribution in [2.24, 2.45) is 17.3 Å². The molecule has 2 spiro atoms. The number of ether oxygens (including phenoxy) is 3. The maximum atomic E-state index is 14.6. The van der Waals surface area contributed by atoms with Gasteiger partial charge in [-0.1, -0.05) is 23.8 Å². The van der Waals surface area contributed by atoms with Crippen molar-refractivity contribution in [3.05, 3.63) is 57.7 Å². The number of phenols is 1. The molecule has 7 rings (SSSR count). The van der Waals surface area contributed by atoms with Crippen LogP contribution in [0.3, 0.4) is 0 Å². The third kappa shape index (κ3) is 2.85. The van der Waals surface area contributed by atoms with Gasteiger partial charge >= 0.3 is 5.97 Å². The lowest BCUT2D eigenvalue weighted by Gasteiger charge is -2.42. The first-order valence-electron chi connectivity index (χ1n) is 14.6. The van der Waals surface area contributed by atoms with Crippen LogP contribution in [0.4, 0.5) is 0 Å². The predicted molar refractivity (Wildman–Crippen MR) is 154 cm³/mol. The second-order valence-electron chi connectivity index (χ2n) is 14.0. The average Bonchev–Trinajstić information content (AvgIpc) is 3.14. The van der Waals surface area contributed by atoms with Gasteiger partial charge in [-0.2, -0.15) is 0 Å². The summed E-state index contributed by atoms with van der Waals surface area (Å²) in [6.45, 7) is 13.2. The van der Waals surface area contributed by atoms with Crippen LogP contribution in [0.1, 0.15) is 82.8 Å². The molecule has 2 unspecified atom stereocenters. The van der Waals surface area contributed by atoms with Gasteiger partial charge in [-0.05, 0) is 73.5 Å². The van der Waals surface area contributed by atoms with Crippen LogP contribution in [0.5, 0.6) is 17.2 Å². The van der Waals surface area contributed by atoms with E-state index in [1.165, 1.54) is 6.92 Å². The molecule has 1 saturated heterocycles. The number of phenolic OH excluding ortho intramolecular Hbond substituents is 1. The zero-order valence-corrected chi connectivity index (χ0v) is 25.0. The van der Waals surface area contributed by atoms with Crippen molar-refractivity contribution in [2.45, 2.75) is 90.1 Å². The first kappa shape index (κ1) is 27.2. The molecule has 2 saturated carbocycles. The molecular weight excluding hydrogens is 536 g/mol. The van der Waals surface area contributed by atoms with E-state index in [-0.39, 0.29) is 46.5 Å². The van der Waals surface area contributed by atoms with E-state index in [1.807, 2.05) is 53.7 Å². The molecule has 8 heteroatoms. The van der Waals surface area contributed by atoms with Crippen LogP contribution in [0.25, 0.3) is 6.08 Å². The van der Waals surface area contributed by atoms with Gasteiger partial charge in [0.2, 0.25) is 0 Å². The van der Waals surface area contributed by atoms with Crippen LogP contribution >= 0.6 is 0 Å². The van der Waals surface area contributed by atoms with Crippen molar-refractivity contribution >= 4 is 23.6 Å². The molecule has 220 valence electrons. The first-order valence-corrected chi connectivity index (χ1v) is 14.6. The second-order valence-corrected chi connectivity index (χ2v) is 14.0. The molecule has 8 nitrogen and oxygen atoms in total. The molecule has 0 radical (unpaired) electrons. The molecule has 3 fully saturated rings. The van der Waals surface area contributed by atoms with Crippen LogP contribution in [0.15, 0.2) is 41.0 Å². The highest BCUT2D eigenvalue weighted by atomic mass is 16.6. The van der Waals surface area contributed by atoms with Crippen LogP contribution in [0.2, 0.25) is 0 Å². The van der Waals surface area contributed by atoms with Gasteiger partial charge in [0.05, 0.1) is 11.2 Å². The minimum absolute atomic E-state index is 0.0206. The number of ketones is 2. The number of Topliss-reactive ketones (excluding diaryl/α,β-unsaturated/α-hetero) is 2. The van der Waals surface area contributed by atoms with E-state index in [4.69, 9.17) is 14.2 Å². The molecule has 2 N–H and O–H groups in total. The number of fused-ring (bicyclic) bond motifs is 3. The molecule has 0 aromatic heterocycles. The Balaban J connectivity index is 1.51. The van der Waals surface area contributed by atoms with E-state index < -0.39 is 39.7 Å². The van der Waals surface area contributed by atoms with Crippen LogP contribution in [0, 0.1) is 17.3 Å². The number of aliphatic carboxylic acids is 1. The van der Waals surface area contributed by atoms with Gasteiger partial charge in [0.15, 0.2) is 17.2 Å². The van der Waals surface area contributed by atoms with Gasteiger partial charge in [0.25, 0.3) is 0 Å². The first-order chi connectivity index (χ1) is 19.6. The van der Waals surface area contributed by atoms with E-state index >= 15 is 0 Å². The lowest BCUT2D eigenvalue weighted by Crippen LogP contribution is -2.51. The third-order valence-electron chi connectivity index (χ3n) is 10.5. The van der Waals surface area contributed by atoms with Crippen molar-refractivity contribution in [2.75, 3.05) is 0 Å². The highest BCUT2D eigenvalue weighted by Gasteiger charge is 3.04. The quantitative estimate of drug-likeness (QED) is 0.350. The fraction of sp³-hybridized carbons (Fsp3) is 0.500. The van der Waals surface area contributed by atoms with Crippen LogP contribution in [-0.2, 0) is 20.7 Å². The van der Waals surface area contributed by atoms with Crippen molar-refractivity contribution < 1.29 is 38.8 Å². The summed E-state index contributed by atoms with van der Waals surface area (Å²) >= 11 is 0. The Bertz CT molecular complexity index is 1660. The Hall–Kier alpha value is -3.65. The van der Waals surface area contributed by atoms with E-state index in [1.54, 1.807) is 18.2 Å². The fourth-order valence-electron chi connectivity index (χ4n) is 8.77. The number of carboxylic acid groups (broad SMARTS) is 1. The number of allylic oxidation sites excluding steroid dienone is 3. The summed E-state index contributed by atoms with van der Waals surface area (Å²) in [7, 11) is 0. The topological polar surface area (TPSA) is 119 Å². The van der Waals surface area contributed by atoms with Gasteiger partial charge in [0, 0.05) is 35.0 Å². The Kier molecular flexibility index (Phi) is 5.08. The molecule has 6 aliphatic rings. The van der Waals surface area contributed by atoms with Crippen molar-refractivity contribution in [1.82, 2.24) is 0 Å². The Morgan fingerprint density at radius 2 is 1.79 bits per heavy atom. The lowest BCUT2D eigenvalue weighted by molar-refractivity contribution is -0.132. The fourth-order valence-corrected chi connectivity index (χ4v) is 8.77. The second kappa shape index (κ2) is 7.84. The molecule has 3 aliphatic carbocycles. The highest BCUT2D eigenvalue weighted by Crippen LogP contribution is 2.89. The Morgan fingerprint density at radius 1 is 1.07 bits per heavy atom. The summed E-state index contributed by atoms with van der Waals surface area (Å²) in [5, 5.41) is 21.2. The maximum absolute atomic E-state index is 14.6. The molecule has 3 aliphatic heterocycles. The number of carbonyl (C=O) groups is 3. The molecule has 0 amide bonds. The highest BCUT2D eigenvalue weighted by molar-refractivity contribution is 6.21. The molecule has 2 bridgehead atoms. The summed E-state index contributed by atoms with van der Waals surface area (Å²) in [4.78, 5) is 40.6. The number of hydrogen-bond acceptors (Lipinski definition) is 7. The molecule has 1 aromatic carbocycles. The summed E-state index contributed by atoms with van der Waals surface area (Å²) < 4.78 is 20.3. The summed E-state index contributed by atoms with van der Waals surface area (Å²) in [6.07, 6.45) is 9.94. The zero-order chi connectivity index (χ0) is 30.4. The summed E-state index contributed by atoms with van der Waals surface area (Å²) in [5.74, 6) is -1.76. The smallest absolute Gasteiger partial charge is 0.330 e. The molecular formula is C34H36O8. The Labute approximate surface area is 244 Å². The lowest BCUT2D eigenvalue weighted by atomic mass is 9.74. The number of rotatable bonds is 5. The van der Waals surface area contributed by atoms with E-state index in [9.17, 15) is 24.6 Å². The maximum Gasteiger partial charge on any atom is 0.330 e. The third-order valence-corrected chi connectivity index (χ3v) is 10.5. The summed E-state index contributed by atoms with van der Waals surface area (Å²) in [5.41, 5.74) is -2.61. The van der Waals surface area contributed by atoms with Gasteiger partial charge < -0.3 is 24.4 Å². The monoisotopic (exact) mass is 572 g/mol. The normalized spacial score (nSPS) is 35.2. The van der Waals surface area contributed by atoms with Crippen molar-refractivity contribution in [1.29, 1.82) is 0 Å². The standard InChI is InChI=1S/C34H36O8/c1-16(2)8-9-20-26-19(11-12-30(4,5)40-26)24(35)23-25(36)21-14-18-15-22-31(6,7)42-32(13-10-17(3)29(38)39)33(22,28(18)37)34(21,32)41-27(20)23/h8,10-12,14,18,22,35H,9,13,15H2,1-7H3,(H,38,39)/b17-10-/t18?,22?,32-,33-,34-/m0/s1. The molecule has 1 aromatic rings. The van der Waals surface area contributed by atoms with Gasteiger partial charge in [0.1, 0.15) is 39.4 Å². The zero-order valence-electron chi connectivity index (χ0n) is 25.0. The minimum Gasteiger partial charge on any atom is -0.506 e. The van der Waals surface area contributed by atoms with E-state index in [0.717, 1.165) is 5.57 Å². The van der Waals surface area contributed by atoms with E-state index in [2.05, 4.69) is 0 Å². The van der Waals surface area contributed by atoms with Crippen molar-refractivity contribution in [3.63, 3.8) is 0 Å². The summed E-state index contributed by atoms with van der Waals surface area (Å²) in [6, 6.07) is 0. The molecule has 42 heavy (non-hydrogen) atoms. The van der Waals surface area contributed by atoms with Crippen LogP contribution in [-0.4, -0.2) is 50.2 Å².